The smallest absolute Gasteiger partial charge is 0.243 e. The molecule has 1 aliphatic rings. The average Bonchev–Trinajstić information content (AvgIpc) is 2.76. The Morgan fingerprint density at radius 2 is 1.95 bits per heavy atom. The van der Waals surface area contributed by atoms with E-state index in [1.54, 1.807) is 12.0 Å². The molecule has 0 bridgehead atoms. The fraction of sp³-hybridized carbons (Fsp3) is 0.867. The van der Waals surface area contributed by atoms with Crippen LogP contribution in [0.4, 0.5) is 0 Å². The predicted octanol–water partition coefficient (Wildman–Crippen LogP) is 1.42. The lowest BCUT2D eigenvalue weighted by Gasteiger charge is -2.30. The topological polar surface area (TPSA) is 58.6 Å². The zero-order valence-corrected chi connectivity index (χ0v) is 13.3. The summed E-state index contributed by atoms with van der Waals surface area (Å²) in [4.78, 5) is 26.0. The highest BCUT2D eigenvalue weighted by molar-refractivity contribution is 5.88. The molecule has 1 aliphatic heterocycles. The Hall–Kier alpha value is -1.10. The van der Waals surface area contributed by atoms with E-state index in [9.17, 15) is 9.59 Å². The fourth-order valence-corrected chi connectivity index (χ4v) is 2.66. The number of carbonyl (C=O) groups excluding carboxylic acids is 2. The molecule has 0 radical (unpaired) electrons. The minimum absolute atomic E-state index is 0.000965. The summed E-state index contributed by atoms with van der Waals surface area (Å²) in [5, 5.41) is 2.94. The molecule has 2 atom stereocenters. The van der Waals surface area contributed by atoms with Crippen LogP contribution in [0.5, 0.6) is 0 Å². The Balaban J connectivity index is 2.63. The molecule has 1 rings (SSSR count). The molecule has 1 saturated heterocycles. The van der Waals surface area contributed by atoms with Crippen molar-refractivity contribution in [2.45, 2.75) is 52.7 Å². The molecule has 20 heavy (non-hydrogen) atoms. The Morgan fingerprint density at radius 3 is 2.35 bits per heavy atom. The maximum atomic E-state index is 12.4. The highest BCUT2D eigenvalue weighted by atomic mass is 16.5. The summed E-state index contributed by atoms with van der Waals surface area (Å²) in [5.74, 6) is 0.465. The van der Waals surface area contributed by atoms with Gasteiger partial charge in [0.2, 0.25) is 11.8 Å². The summed E-state index contributed by atoms with van der Waals surface area (Å²) < 4.78 is 5.35. The normalized spacial score (nSPS) is 18.8. The zero-order valence-electron chi connectivity index (χ0n) is 13.3. The van der Waals surface area contributed by atoms with Gasteiger partial charge >= 0.3 is 0 Å². The summed E-state index contributed by atoms with van der Waals surface area (Å²) in [6, 6.07) is -0.366. The molecule has 0 saturated carbocycles. The van der Waals surface area contributed by atoms with Crippen molar-refractivity contribution < 1.29 is 14.3 Å². The quantitative estimate of drug-likeness (QED) is 0.769. The number of hydrogen-bond donors (Lipinski definition) is 1. The van der Waals surface area contributed by atoms with Gasteiger partial charge in [-0.2, -0.15) is 0 Å². The van der Waals surface area contributed by atoms with E-state index < -0.39 is 0 Å². The number of likely N-dealkylation sites (tertiary alicyclic amines) is 1. The van der Waals surface area contributed by atoms with Crippen molar-refractivity contribution in [3.05, 3.63) is 0 Å². The van der Waals surface area contributed by atoms with Gasteiger partial charge in [0.05, 0.1) is 6.10 Å². The fourth-order valence-electron chi connectivity index (χ4n) is 2.66. The van der Waals surface area contributed by atoms with Gasteiger partial charge in [-0.25, -0.2) is 0 Å². The minimum atomic E-state index is -0.366. The third-order valence-electron chi connectivity index (χ3n) is 3.87. The number of nitrogens with one attached hydrogen (secondary N) is 1. The zero-order chi connectivity index (χ0) is 15.3. The minimum Gasteiger partial charge on any atom is -0.379 e. The van der Waals surface area contributed by atoms with Crippen LogP contribution in [0.25, 0.3) is 0 Å². The van der Waals surface area contributed by atoms with Crippen LogP contribution in [0.15, 0.2) is 0 Å². The highest BCUT2D eigenvalue weighted by Crippen LogP contribution is 2.19. The van der Waals surface area contributed by atoms with Crippen molar-refractivity contribution >= 4 is 11.8 Å². The molecule has 116 valence electrons. The monoisotopic (exact) mass is 284 g/mol. The third-order valence-corrected chi connectivity index (χ3v) is 3.87. The lowest BCUT2D eigenvalue weighted by atomic mass is 10.0. The van der Waals surface area contributed by atoms with E-state index in [-0.39, 0.29) is 29.9 Å². The van der Waals surface area contributed by atoms with Crippen molar-refractivity contribution in [1.29, 1.82) is 0 Å². The van der Waals surface area contributed by atoms with Gasteiger partial charge in [-0.1, -0.05) is 27.7 Å². The molecule has 1 N–H and O–H groups in total. The van der Waals surface area contributed by atoms with Crippen molar-refractivity contribution in [2.24, 2.45) is 11.8 Å². The first-order valence-electron chi connectivity index (χ1n) is 7.48. The highest BCUT2D eigenvalue weighted by Gasteiger charge is 2.35. The molecular weight excluding hydrogens is 256 g/mol. The summed E-state index contributed by atoms with van der Waals surface area (Å²) in [6.45, 7) is 9.25. The number of amides is 2. The lowest BCUT2D eigenvalue weighted by Crippen LogP contribution is -2.52. The van der Waals surface area contributed by atoms with E-state index >= 15 is 0 Å². The van der Waals surface area contributed by atoms with Crippen molar-refractivity contribution in [3.63, 3.8) is 0 Å². The number of hydrogen-bond acceptors (Lipinski definition) is 3. The Morgan fingerprint density at radius 1 is 1.30 bits per heavy atom. The van der Waals surface area contributed by atoms with Crippen LogP contribution in [0.2, 0.25) is 0 Å². The first kappa shape index (κ1) is 17.0. The maximum Gasteiger partial charge on any atom is 0.243 e. The van der Waals surface area contributed by atoms with E-state index in [2.05, 4.69) is 19.2 Å². The van der Waals surface area contributed by atoms with E-state index in [0.717, 1.165) is 6.42 Å². The van der Waals surface area contributed by atoms with Gasteiger partial charge in [-0.05, 0) is 18.3 Å². The van der Waals surface area contributed by atoms with Gasteiger partial charge < -0.3 is 15.0 Å². The largest absolute Gasteiger partial charge is 0.379 e. The third kappa shape index (κ3) is 4.20. The number of rotatable bonds is 7. The van der Waals surface area contributed by atoms with Crippen LogP contribution < -0.4 is 5.32 Å². The van der Waals surface area contributed by atoms with Crippen LogP contribution in [0, 0.1) is 11.8 Å². The molecule has 5 nitrogen and oxygen atoms in total. The Bertz CT molecular complexity index is 342. The average molecular weight is 284 g/mol. The summed E-state index contributed by atoms with van der Waals surface area (Å²) in [7, 11) is 1.65. The van der Waals surface area contributed by atoms with Gasteiger partial charge in [-0.3, -0.25) is 9.59 Å². The number of ether oxygens (including phenoxy) is 1. The van der Waals surface area contributed by atoms with Crippen LogP contribution >= 0.6 is 0 Å². The van der Waals surface area contributed by atoms with Gasteiger partial charge in [0.25, 0.3) is 0 Å². The summed E-state index contributed by atoms with van der Waals surface area (Å²) in [6.07, 6.45) is 1.41. The maximum absolute atomic E-state index is 12.4. The number of carbonyl (C=O) groups is 2. The summed E-state index contributed by atoms with van der Waals surface area (Å²) >= 11 is 0. The van der Waals surface area contributed by atoms with E-state index in [4.69, 9.17) is 4.74 Å². The Labute approximate surface area is 122 Å². The van der Waals surface area contributed by atoms with Gasteiger partial charge in [-0.15, -0.1) is 0 Å². The molecule has 0 aromatic rings. The molecule has 1 heterocycles. The molecule has 0 spiro atoms. The van der Waals surface area contributed by atoms with Crippen molar-refractivity contribution in [3.8, 4) is 0 Å². The van der Waals surface area contributed by atoms with Gasteiger partial charge in [0.1, 0.15) is 6.04 Å². The molecule has 2 amide bonds. The van der Waals surface area contributed by atoms with Gasteiger partial charge in [0.15, 0.2) is 0 Å². The van der Waals surface area contributed by atoms with E-state index in [0.29, 0.717) is 25.4 Å². The van der Waals surface area contributed by atoms with Crippen LogP contribution in [-0.2, 0) is 14.3 Å². The van der Waals surface area contributed by atoms with Crippen molar-refractivity contribution in [2.75, 3.05) is 20.2 Å². The second kappa shape index (κ2) is 7.62. The van der Waals surface area contributed by atoms with Crippen molar-refractivity contribution in [1.82, 2.24) is 10.2 Å². The van der Waals surface area contributed by atoms with E-state index in [1.165, 1.54) is 0 Å². The molecule has 2 unspecified atom stereocenters. The van der Waals surface area contributed by atoms with Crippen LogP contribution in [-0.4, -0.2) is 49.1 Å². The summed E-state index contributed by atoms with van der Waals surface area (Å²) in [5.41, 5.74) is 0. The molecular formula is C15H28N2O3. The SMILES string of the molecule is COC(CNC(=O)C(C(C)C)N1CCCC1=O)C(C)C. The number of nitrogens with zero attached hydrogens (tertiary/aromatic N) is 1. The van der Waals surface area contributed by atoms with Crippen LogP contribution in [0.3, 0.4) is 0 Å². The first-order valence-corrected chi connectivity index (χ1v) is 7.48. The van der Waals surface area contributed by atoms with E-state index in [1.807, 2.05) is 13.8 Å². The molecule has 0 aromatic heterocycles. The second-order valence-corrected chi connectivity index (χ2v) is 6.14. The molecule has 0 aromatic carbocycles. The Kier molecular flexibility index (Phi) is 6.46. The second-order valence-electron chi connectivity index (χ2n) is 6.14. The first-order chi connectivity index (χ1) is 9.38. The molecule has 0 aliphatic carbocycles. The van der Waals surface area contributed by atoms with Crippen LogP contribution in [0.1, 0.15) is 40.5 Å². The molecule has 1 fully saturated rings. The number of methoxy groups -OCH3 is 1. The molecule has 5 heteroatoms. The predicted molar refractivity (Wildman–Crippen MR) is 78.2 cm³/mol. The lowest BCUT2D eigenvalue weighted by molar-refractivity contribution is -0.139. The van der Waals surface area contributed by atoms with Gasteiger partial charge in [0, 0.05) is 26.6 Å². The standard InChI is InChI=1S/C15H28N2O3/c1-10(2)12(20-5)9-16-15(19)14(11(3)4)17-8-6-7-13(17)18/h10-12,14H,6-9H2,1-5H3,(H,16,19).